The van der Waals surface area contributed by atoms with Gasteiger partial charge in [-0.2, -0.15) is 0 Å². The lowest BCUT2D eigenvalue weighted by atomic mass is 10.1. The first-order chi connectivity index (χ1) is 8.54. The third-order valence-corrected chi connectivity index (χ3v) is 3.43. The van der Waals surface area contributed by atoms with Gasteiger partial charge in [0, 0.05) is 25.0 Å². The van der Waals surface area contributed by atoms with E-state index in [1.807, 2.05) is 19.9 Å². The molecule has 1 aromatic heterocycles. The van der Waals surface area contributed by atoms with Crippen molar-refractivity contribution in [3.8, 4) is 0 Å². The van der Waals surface area contributed by atoms with E-state index in [2.05, 4.69) is 22.5 Å². The molecule has 18 heavy (non-hydrogen) atoms. The maximum Gasteiger partial charge on any atom is 0.254 e. The van der Waals surface area contributed by atoms with Crippen LogP contribution in [-0.2, 0) is 0 Å². The molecule has 1 aliphatic carbocycles. The van der Waals surface area contributed by atoms with Crippen LogP contribution in [0.3, 0.4) is 0 Å². The third-order valence-electron chi connectivity index (χ3n) is 3.43. The van der Waals surface area contributed by atoms with Crippen LogP contribution < -0.4 is 10.6 Å². The van der Waals surface area contributed by atoms with Crippen LogP contribution in [-0.4, -0.2) is 24.0 Å². The van der Waals surface area contributed by atoms with Gasteiger partial charge < -0.3 is 10.6 Å². The maximum atomic E-state index is 12.1. The quantitative estimate of drug-likeness (QED) is 0.839. The smallest absolute Gasteiger partial charge is 0.254 e. The van der Waals surface area contributed by atoms with E-state index in [1.54, 1.807) is 6.20 Å². The van der Waals surface area contributed by atoms with E-state index < -0.39 is 0 Å². The number of nitrogens with one attached hydrogen (secondary N) is 2. The molecule has 1 aromatic rings. The van der Waals surface area contributed by atoms with Crippen molar-refractivity contribution in [1.29, 1.82) is 0 Å². The van der Waals surface area contributed by atoms with Gasteiger partial charge >= 0.3 is 0 Å². The summed E-state index contributed by atoms with van der Waals surface area (Å²) in [6, 6.07) is 1.91. The molecule has 1 fully saturated rings. The number of aryl methyl sites for hydroxylation is 1. The number of carbonyl (C=O) groups excluding carboxylic acids is 1. The van der Waals surface area contributed by atoms with Gasteiger partial charge in [0.05, 0.1) is 11.3 Å². The van der Waals surface area contributed by atoms with Crippen molar-refractivity contribution in [2.45, 2.75) is 33.6 Å². The fourth-order valence-corrected chi connectivity index (χ4v) is 1.86. The molecule has 0 unspecified atom stereocenters. The summed E-state index contributed by atoms with van der Waals surface area (Å²) in [5.74, 6) is -0.0356. The molecule has 2 N–H and O–H groups in total. The van der Waals surface area contributed by atoms with Gasteiger partial charge in [-0.25, -0.2) is 0 Å². The molecule has 0 spiro atoms. The Morgan fingerprint density at radius 2 is 2.22 bits per heavy atom. The highest BCUT2D eigenvalue weighted by molar-refractivity contribution is 5.99. The van der Waals surface area contributed by atoms with E-state index in [4.69, 9.17) is 0 Å². The zero-order chi connectivity index (χ0) is 13.2. The number of pyridine rings is 1. The number of hydrogen-bond acceptors (Lipinski definition) is 3. The summed E-state index contributed by atoms with van der Waals surface area (Å²) in [7, 11) is 0. The molecule has 0 aromatic carbocycles. The van der Waals surface area contributed by atoms with Crippen molar-refractivity contribution in [1.82, 2.24) is 10.3 Å². The third kappa shape index (κ3) is 3.00. The molecule has 1 saturated carbocycles. The van der Waals surface area contributed by atoms with Crippen molar-refractivity contribution in [2.24, 2.45) is 5.41 Å². The SMILES string of the molecule is CCNc1cc(C)ncc1C(=O)NCC1(C)CC1. The average Bonchev–Trinajstić information content (AvgIpc) is 3.06. The highest BCUT2D eigenvalue weighted by Crippen LogP contribution is 2.44. The lowest BCUT2D eigenvalue weighted by Gasteiger charge is -2.13. The Morgan fingerprint density at radius 3 is 2.83 bits per heavy atom. The van der Waals surface area contributed by atoms with Gasteiger partial charge in [-0.1, -0.05) is 6.92 Å². The predicted octanol–water partition coefficient (Wildman–Crippen LogP) is 2.35. The second kappa shape index (κ2) is 4.96. The normalized spacial score (nSPS) is 16.2. The van der Waals surface area contributed by atoms with Crippen molar-refractivity contribution in [3.05, 3.63) is 23.5 Å². The fourth-order valence-electron chi connectivity index (χ4n) is 1.86. The van der Waals surface area contributed by atoms with Crippen LogP contribution >= 0.6 is 0 Å². The van der Waals surface area contributed by atoms with Crippen LogP contribution in [0, 0.1) is 12.3 Å². The molecule has 0 atom stereocenters. The Balaban J connectivity index is 2.08. The van der Waals surface area contributed by atoms with E-state index in [0.717, 1.165) is 24.5 Å². The molecular formula is C14H21N3O. The summed E-state index contributed by atoms with van der Waals surface area (Å²) in [6.45, 7) is 7.69. The van der Waals surface area contributed by atoms with Gasteiger partial charge in [0.25, 0.3) is 5.91 Å². The first-order valence-corrected chi connectivity index (χ1v) is 6.53. The van der Waals surface area contributed by atoms with Crippen LogP contribution in [0.15, 0.2) is 12.3 Å². The minimum Gasteiger partial charge on any atom is -0.385 e. The van der Waals surface area contributed by atoms with E-state index in [9.17, 15) is 4.79 Å². The molecule has 98 valence electrons. The summed E-state index contributed by atoms with van der Waals surface area (Å²) in [5.41, 5.74) is 2.73. The number of anilines is 1. The number of nitrogens with zero attached hydrogens (tertiary/aromatic N) is 1. The van der Waals surface area contributed by atoms with Gasteiger partial charge in [-0.3, -0.25) is 9.78 Å². The maximum absolute atomic E-state index is 12.1. The van der Waals surface area contributed by atoms with Gasteiger partial charge in [0.2, 0.25) is 0 Å². The summed E-state index contributed by atoms with van der Waals surface area (Å²) >= 11 is 0. The Kier molecular flexibility index (Phi) is 3.55. The van der Waals surface area contributed by atoms with Gasteiger partial charge in [-0.05, 0) is 38.2 Å². The highest BCUT2D eigenvalue weighted by Gasteiger charge is 2.37. The lowest BCUT2D eigenvalue weighted by Crippen LogP contribution is -2.29. The van der Waals surface area contributed by atoms with E-state index in [1.165, 1.54) is 12.8 Å². The lowest BCUT2D eigenvalue weighted by molar-refractivity contribution is 0.0946. The standard InChI is InChI=1S/C14H21N3O/c1-4-15-12-7-10(2)16-8-11(12)13(18)17-9-14(3)5-6-14/h7-8H,4-6,9H2,1-3H3,(H,15,16)(H,17,18). The van der Waals surface area contributed by atoms with Crippen molar-refractivity contribution in [2.75, 3.05) is 18.4 Å². The van der Waals surface area contributed by atoms with Crippen LogP contribution in [0.2, 0.25) is 0 Å². The molecule has 0 radical (unpaired) electrons. The van der Waals surface area contributed by atoms with Gasteiger partial charge in [0.15, 0.2) is 0 Å². The molecule has 0 bridgehead atoms. The first kappa shape index (κ1) is 12.9. The summed E-state index contributed by atoms with van der Waals surface area (Å²) in [4.78, 5) is 16.3. The van der Waals surface area contributed by atoms with E-state index in [0.29, 0.717) is 11.0 Å². The first-order valence-electron chi connectivity index (χ1n) is 6.53. The van der Waals surface area contributed by atoms with Crippen LogP contribution in [0.5, 0.6) is 0 Å². The topological polar surface area (TPSA) is 54.0 Å². The van der Waals surface area contributed by atoms with Gasteiger partial charge in [-0.15, -0.1) is 0 Å². The monoisotopic (exact) mass is 247 g/mol. The number of carbonyl (C=O) groups is 1. The molecule has 0 saturated heterocycles. The van der Waals surface area contributed by atoms with E-state index >= 15 is 0 Å². The Labute approximate surface area is 108 Å². The number of amides is 1. The molecule has 4 heteroatoms. The zero-order valence-electron chi connectivity index (χ0n) is 11.3. The molecule has 4 nitrogen and oxygen atoms in total. The Morgan fingerprint density at radius 1 is 1.50 bits per heavy atom. The second-order valence-electron chi connectivity index (χ2n) is 5.39. The average molecular weight is 247 g/mol. The minimum atomic E-state index is -0.0356. The minimum absolute atomic E-state index is 0.0356. The van der Waals surface area contributed by atoms with Crippen molar-refractivity contribution >= 4 is 11.6 Å². The van der Waals surface area contributed by atoms with Gasteiger partial charge in [0.1, 0.15) is 0 Å². The molecule has 2 rings (SSSR count). The van der Waals surface area contributed by atoms with Crippen LogP contribution in [0.4, 0.5) is 5.69 Å². The van der Waals surface area contributed by atoms with Crippen LogP contribution in [0.1, 0.15) is 42.7 Å². The summed E-state index contributed by atoms with van der Waals surface area (Å²) in [6.07, 6.45) is 4.07. The molecule has 1 heterocycles. The Hall–Kier alpha value is -1.58. The Bertz CT molecular complexity index is 452. The molecule has 1 amide bonds. The van der Waals surface area contributed by atoms with Crippen LogP contribution in [0.25, 0.3) is 0 Å². The van der Waals surface area contributed by atoms with Crippen molar-refractivity contribution in [3.63, 3.8) is 0 Å². The number of rotatable bonds is 5. The number of hydrogen-bond donors (Lipinski definition) is 2. The van der Waals surface area contributed by atoms with E-state index in [-0.39, 0.29) is 5.91 Å². The molecular weight excluding hydrogens is 226 g/mol. The van der Waals surface area contributed by atoms with Crippen molar-refractivity contribution < 1.29 is 4.79 Å². The summed E-state index contributed by atoms with van der Waals surface area (Å²) in [5, 5.41) is 6.21. The molecule has 1 aliphatic rings. The second-order valence-corrected chi connectivity index (χ2v) is 5.39. The predicted molar refractivity (Wildman–Crippen MR) is 72.8 cm³/mol. The largest absolute Gasteiger partial charge is 0.385 e. The highest BCUT2D eigenvalue weighted by atomic mass is 16.1. The molecule has 0 aliphatic heterocycles. The summed E-state index contributed by atoms with van der Waals surface area (Å²) < 4.78 is 0. The zero-order valence-corrected chi connectivity index (χ0v) is 11.3. The number of aromatic nitrogens is 1. The fraction of sp³-hybridized carbons (Fsp3) is 0.571.